The van der Waals surface area contributed by atoms with Gasteiger partial charge in [-0.25, -0.2) is 0 Å². The molecule has 3 rings (SSSR count). The van der Waals surface area contributed by atoms with Crippen molar-refractivity contribution in [2.75, 3.05) is 13.1 Å². The van der Waals surface area contributed by atoms with Crippen molar-refractivity contribution in [3.8, 4) is 0 Å². The van der Waals surface area contributed by atoms with E-state index in [1.54, 1.807) is 5.57 Å². The van der Waals surface area contributed by atoms with Gasteiger partial charge in [-0.3, -0.25) is 0 Å². The Bertz CT molecular complexity index is 252. The van der Waals surface area contributed by atoms with Crippen LogP contribution in [0.15, 0.2) is 11.6 Å². The van der Waals surface area contributed by atoms with Gasteiger partial charge in [0.2, 0.25) is 0 Å². The van der Waals surface area contributed by atoms with Gasteiger partial charge in [0.15, 0.2) is 0 Å². The Morgan fingerprint density at radius 3 is 2.87 bits per heavy atom. The van der Waals surface area contributed by atoms with E-state index < -0.39 is 0 Å². The minimum Gasteiger partial charge on any atom is -0.313 e. The first-order valence-electron chi connectivity index (χ1n) is 6.56. The third-order valence-electron chi connectivity index (χ3n) is 4.62. The average molecular weight is 207 g/mol. The van der Waals surface area contributed by atoms with E-state index in [1.807, 2.05) is 0 Å². The Kier molecular flexibility index (Phi) is 3.20. The minimum absolute atomic E-state index is 0.594. The second kappa shape index (κ2) is 4.29. The first kappa shape index (κ1) is 11.2. The van der Waals surface area contributed by atoms with Gasteiger partial charge in [0.05, 0.1) is 0 Å². The molecule has 3 aliphatic carbocycles. The SMILES string of the molecule is CCCCNCC1=CCC2CC1C2(C)C. The molecule has 2 unspecified atom stereocenters. The number of hydrogen-bond donors (Lipinski definition) is 1. The fraction of sp³-hybridized carbons (Fsp3) is 0.857. The highest BCUT2D eigenvalue weighted by Gasteiger charge is 2.50. The zero-order chi connectivity index (χ0) is 10.9. The average Bonchev–Trinajstić information content (AvgIpc) is 2.24. The zero-order valence-corrected chi connectivity index (χ0v) is 10.5. The van der Waals surface area contributed by atoms with Gasteiger partial charge < -0.3 is 5.32 Å². The lowest BCUT2D eigenvalue weighted by Crippen LogP contribution is -2.49. The van der Waals surface area contributed by atoms with E-state index in [0.29, 0.717) is 5.41 Å². The molecule has 1 saturated carbocycles. The van der Waals surface area contributed by atoms with Gasteiger partial charge in [-0.2, -0.15) is 0 Å². The number of rotatable bonds is 5. The molecule has 0 aromatic carbocycles. The van der Waals surface area contributed by atoms with Crippen LogP contribution < -0.4 is 5.32 Å². The van der Waals surface area contributed by atoms with Crippen LogP contribution in [0.25, 0.3) is 0 Å². The quantitative estimate of drug-likeness (QED) is 0.538. The van der Waals surface area contributed by atoms with E-state index in [2.05, 4.69) is 32.2 Å². The molecule has 0 aromatic heterocycles. The van der Waals surface area contributed by atoms with Gasteiger partial charge in [0.1, 0.15) is 0 Å². The van der Waals surface area contributed by atoms with E-state index in [9.17, 15) is 0 Å². The molecule has 1 nitrogen and oxygen atoms in total. The first-order valence-corrected chi connectivity index (χ1v) is 6.56. The summed E-state index contributed by atoms with van der Waals surface area (Å²) in [7, 11) is 0. The lowest BCUT2D eigenvalue weighted by atomic mass is 9.49. The lowest BCUT2D eigenvalue weighted by Gasteiger charge is -2.56. The van der Waals surface area contributed by atoms with E-state index in [4.69, 9.17) is 0 Å². The molecule has 0 saturated heterocycles. The number of unbranched alkanes of at least 4 members (excludes halogenated alkanes) is 1. The van der Waals surface area contributed by atoms with Crippen LogP contribution >= 0.6 is 0 Å². The molecular weight excluding hydrogens is 182 g/mol. The highest BCUT2D eigenvalue weighted by Crippen LogP contribution is 2.58. The Morgan fingerprint density at radius 1 is 1.47 bits per heavy atom. The second-order valence-corrected chi connectivity index (χ2v) is 5.85. The molecule has 0 heterocycles. The Hall–Kier alpha value is -0.300. The van der Waals surface area contributed by atoms with Crippen molar-refractivity contribution in [1.29, 1.82) is 0 Å². The molecule has 1 N–H and O–H groups in total. The van der Waals surface area contributed by atoms with Crippen LogP contribution in [0, 0.1) is 17.3 Å². The van der Waals surface area contributed by atoms with Crippen molar-refractivity contribution >= 4 is 0 Å². The third-order valence-corrected chi connectivity index (χ3v) is 4.62. The summed E-state index contributed by atoms with van der Waals surface area (Å²) in [4.78, 5) is 0. The van der Waals surface area contributed by atoms with Gasteiger partial charge in [-0.15, -0.1) is 0 Å². The number of allylic oxidation sites excluding steroid dienone is 1. The Labute approximate surface area is 94.3 Å². The monoisotopic (exact) mass is 207 g/mol. The van der Waals surface area contributed by atoms with Crippen molar-refractivity contribution < 1.29 is 0 Å². The normalized spacial score (nSPS) is 32.1. The summed E-state index contributed by atoms with van der Waals surface area (Å²) in [6, 6.07) is 0. The van der Waals surface area contributed by atoms with Crippen LogP contribution in [-0.2, 0) is 0 Å². The standard InChI is InChI=1S/C14H25N/c1-4-5-8-15-10-11-6-7-12-9-13(11)14(12,2)3/h6,12-13,15H,4-5,7-10H2,1-3H3. The van der Waals surface area contributed by atoms with Crippen molar-refractivity contribution in [2.45, 2.75) is 46.5 Å². The van der Waals surface area contributed by atoms with E-state index in [1.165, 1.54) is 32.2 Å². The van der Waals surface area contributed by atoms with Crippen LogP contribution in [0.4, 0.5) is 0 Å². The van der Waals surface area contributed by atoms with Crippen molar-refractivity contribution in [3.63, 3.8) is 0 Å². The molecule has 0 aliphatic heterocycles. The summed E-state index contributed by atoms with van der Waals surface area (Å²) < 4.78 is 0. The number of fused-ring (bicyclic) bond motifs is 1. The summed E-state index contributed by atoms with van der Waals surface area (Å²) in [6.07, 6.45) is 7.89. The summed E-state index contributed by atoms with van der Waals surface area (Å²) >= 11 is 0. The fourth-order valence-corrected chi connectivity index (χ4v) is 3.21. The summed E-state index contributed by atoms with van der Waals surface area (Å²) in [5.41, 5.74) is 2.29. The number of nitrogens with one attached hydrogen (secondary N) is 1. The second-order valence-electron chi connectivity index (χ2n) is 5.85. The van der Waals surface area contributed by atoms with Crippen LogP contribution in [0.2, 0.25) is 0 Å². The van der Waals surface area contributed by atoms with E-state index in [0.717, 1.165) is 18.4 Å². The maximum absolute atomic E-state index is 3.58. The smallest absolute Gasteiger partial charge is 0.0167 e. The van der Waals surface area contributed by atoms with E-state index >= 15 is 0 Å². The topological polar surface area (TPSA) is 12.0 Å². The molecular formula is C14H25N. The zero-order valence-electron chi connectivity index (χ0n) is 10.5. The van der Waals surface area contributed by atoms with Crippen molar-refractivity contribution in [1.82, 2.24) is 5.32 Å². The molecule has 15 heavy (non-hydrogen) atoms. The molecule has 0 radical (unpaired) electrons. The molecule has 1 fully saturated rings. The predicted octanol–water partition coefficient (Wildman–Crippen LogP) is 3.37. The predicted molar refractivity (Wildman–Crippen MR) is 65.9 cm³/mol. The molecule has 3 aliphatic rings. The molecule has 86 valence electrons. The lowest BCUT2D eigenvalue weighted by molar-refractivity contribution is -0.00734. The third kappa shape index (κ3) is 1.99. The Balaban J connectivity index is 1.81. The van der Waals surface area contributed by atoms with Crippen LogP contribution in [0.5, 0.6) is 0 Å². The molecule has 0 amide bonds. The van der Waals surface area contributed by atoms with Crippen LogP contribution in [-0.4, -0.2) is 13.1 Å². The van der Waals surface area contributed by atoms with Crippen molar-refractivity contribution in [2.24, 2.45) is 17.3 Å². The van der Waals surface area contributed by atoms with Crippen LogP contribution in [0.3, 0.4) is 0 Å². The highest BCUT2D eigenvalue weighted by molar-refractivity contribution is 5.24. The Morgan fingerprint density at radius 2 is 2.27 bits per heavy atom. The largest absolute Gasteiger partial charge is 0.313 e. The highest BCUT2D eigenvalue weighted by atomic mass is 14.9. The molecule has 2 bridgehead atoms. The van der Waals surface area contributed by atoms with Gasteiger partial charge in [-0.1, -0.05) is 38.8 Å². The summed E-state index contributed by atoms with van der Waals surface area (Å²) in [5, 5.41) is 3.58. The first-order chi connectivity index (χ1) is 7.16. The summed E-state index contributed by atoms with van der Waals surface area (Å²) in [6.45, 7) is 9.47. The van der Waals surface area contributed by atoms with Crippen LogP contribution in [0.1, 0.15) is 46.5 Å². The van der Waals surface area contributed by atoms with Crippen molar-refractivity contribution in [3.05, 3.63) is 11.6 Å². The minimum atomic E-state index is 0.594. The fourth-order valence-electron chi connectivity index (χ4n) is 3.21. The maximum atomic E-state index is 3.58. The molecule has 2 atom stereocenters. The van der Waals surface area contributed by atoms with Gasteiger partial charge >= 0.3 is 0 Å². The van der Waals surface area contributed by atoms with Gasteiger partial charge in [0, 0.05) is 6.54 Å². The molecule has 1 heteroatoms. The van der Waals surface area contributed by atoms with Gasteiger partial charge in [-0.05, 0) is 43.1 Å². The van der Waals surface area contributed by atoms with E-state index in [-0.39, 0.29) is 0 Å². The number of hydrogen-bond acceptors (Lipinski definition) is 1. The van der Waals surface area contributed by atoms with Gasteiger partial charge in [0.25, 0.3) is 0 Å². The summed E-state index contributed by atoms with van der Waals surface area (Å²) in [5.74, 6) is 1.85. The molecule has 0 spiro atoms. The molecule has 0 aromatic rings. The maximum Gasteiger partial charge on any atom is 0.0167 e.